The first-order valence-electron chi connectivity index (χ1n) is 7.98. The first kappa shape index (κ1) is 18.2. The fourth-order valence-corrected chi connectivity index (χ4v) is 2.72. The summed E-state index contributed by atoms with van der Waals surface area (Å²) < 4.78 is 5.31. The summed E-state index contributed by atoms with van der Waals surface area (Å²) in [5.41, 5.74) is 5.88. The van der Waals surface area contributed by atoms with Gasteiger partial charge < -0.3 is 15.8 Å². The lowest BCUT2D eigenvalue weighted by Gasteiger charge is -2.42. The van der Waals surface area contributed by atoms with Gasteiger partial charge in [-0.05, 0) is 59.0 Å². The van der Waals surface area contributed by atoms with E-state index >= 15 is 0 Å². The molecular formula is C16H33N3O2. The van der Waals surface area contributed by atoms with Crippen LogP contribution in [0.4, 0.5) is 4.79 Å². The van der Waals surface area contributed by atoms with Crippen molar-refractivity contribution in [3.8, 4) is 0 Å². The fraction of sp³-hybridized carbons (Fsp3) is 0.938. The summed E-state index contributed by atoms with van der Waals surface area (Å²) in [5, 5.41) is 2.92. The molecule has 5 nitrogen and oxygen atoms in total. The minimum absolute atomic E-state index is 0.0222. The molecule has 5 heteroatoms. The van der Waals surface area contributed by atoms with Crippen LogP contribution in [-0.4, -0.2) is 48.3 Å². The van der Waals surface area contributed by atoms with Gasteiger partial charge in [0.2, 0.25) is 0 Å². The number of piperidine rings is 1. The first-order chi connectivity index (χ1) is 9.54. The van der Waals surface area contributed by atoms with Crippen molar-refractivity contribution in [3.63, 3.8) is 0 Å². The molecule has 1 fully saturated rings. The maximum absolute atomic E-state index is 11.9. The molecule has 0 radical (unpaired) electrons. The Kier molecular flexibility index (Phi) is 6.05. The van der Waals surface area contributed by atoms with Crippen LogP contribution in [0.1, 0.15) is 54.4 Å². The van der Waals surface area contributed by atoms with E-state index in [1.54, 1.807) is 0 Å². The zero-order valence-electron chi connectivity index (χ0n) is 14.5. The number of nitrogens with one attached hydrogen (secondary N) is 1. The second-order valence-electron chi connectivity index (χ2n) is 7.94. The highest BCUT2D eigenvalue weighted by Gasteiger charge is 2.32. The smallest absolute Gasteiger partial charge is 0.407 e. The molecule has 1 aliphatic heterocycles. The molecule has 0 aromatic rings. The Morgan fingerprint density at radius 3 is 2.29 bits per heavy atom. The van der Waals surface area contributed by atoms with E-state index in [0.29, 0.717) is 12.0 Å². The molecule has 2 unspecified atom stereocenters. The number of hydrogen-bond donors (Lipinski definition) is 2. The molecule has 1 saturated heterocycles. The quantitative estimate of drug-likeness (QED) is 0.836. The molecule has 21 heavy (non-hydrogen) atoms. The summed E-state index contributed by atoms with van der Waals surface area (Å²) in [5.74, 6) is 0. The van der Waals surface area contributed by atoms with Crippen molar-refractivity contribution in [2.24, 2.45) is 11.1 Å². The summed E-state index contributed by atoms with van der Waals surface area (Å²) >= 11 is 0. The predicted octanol–water partition coefficient (Wildman–Crippen LogP) is 2.35. The van der Waals surface area contributed by atoms with Crippen LogP contribution >= 0.6 is 0 Å². The van der Waals surface area contributed by atoms with Gasteiger partial charge in [-0.15, -0.1) is 0 Å². The Labute approximate surface area is 129 Å². The van der Waals surface area contributed by atoms with E-state index in [1.165, 1.54) is 12.8 Å². The third-order valence-corrected chi connectivity index (χ3v) is 4.18. The Balaban J connectivity index is 2.54. The largest absolute Gasteiger partial charge is 0.444 e. The molecule has 0 bridgehead atoms. The van der Waals surface area contributed by atoms with E-state index in [-0.39, 0.29) is 18.2 Å². The molecule has 0 aromatic carbocycles. The minimum atomic E-state index is -0.475. The van der Waals surface area contributed by atoms with E-state index in [9.17, 15) is 4.79 Å². The normalized spacial score (nSPS) is 22.4. The summed E-state index contributed by atoms with van der Waals surface area (Å²) in [6, 6.07) is 0.139. The number of likely N-dealkylation sites (tertiary alicyclic amines) is 1. The van der Waals surface area contributed by atoms with Crippen molar-refractivity contribution in [2.75, 3.05) is 19.6 Å². The predicted molar refractivity (Wildman–Crippen MR) is 86.3 cm³/mol. The van der Waals surface area contributed by atoms with Crippen LogP contribution in [0.3, 0.4) is 0 Å². The van der Waals surface area contributed by atoms with E-state index in [2.05, 4.69) is 24.1 Å². The van der Waals surface area contributed by atoms with Crippen molar-refractivity contribution in [3.05, 3.63) is 0 Å². The molecule has 2 atom stereocenters. The summed E-state index contributed by atoms with van der Waals surface area (Å²) in [7, 11) is 0. The Bertz CT molecular complexity index is 340. The van der Waals surface area contributed by atoms with E-state index < -0.39 is 5.60 Å². The molecular weight excluding hydrogens is 266 g/mol. The van der Waals surface area contributed by atoms with Gasteiger partial charge in [-0.25, -0.2) is 4.79 Å². The van der Waals surface area contributed by atoms with Crippen molar-refractivity contribution in [2.45, 2.75) is 72.1 Å². The van der Waals surface area contributed by atoms with Crippen LogP contribution in [0.15, 0.2) is 0 Å². The van der Waals surface area contributed by atoms with Gasteiger partial charge in [0, 0.05) is 18.6 Å². The molecule has 0 aromatic heterocycles. The number of nitrogens with two attached hydrogens (primary N) is 1. The third kappa shape index (κ3) is 6.22. The average molecular weight is 299 g/mol. The van der Waals surface area contributed by atoms with Crippen molar-refractivity contribution in [1.29, 1.82) is 0 Å². The lowest BCUT2D eigenvalue weighted by Crippen LogP contribution is -2.56. The van der Waals surface area contributed by atoms with Crippen molar-refractivity contribution >= 4 is 6.09 Å². The van der Waals surface area contributed by atoms with E-state index in [1.807, 2.05) is 27.7 Å². The molecule has 3 N–H and O–H groups in total. The average Bonchev–Trinajstić information content (AvgIpc) is 2.29. The van der Waals surface area contributed by atoms with Crippen molar-refractivity contribution < 1.29 is 9.53 Å². The molecule has 124 valence electrons. The van der Waals surface area contributed by atoms with Gasteiger partial charge in [0.15, 0.2) is 0 Å². The lowest BCUT2D eigenvalue weighted by atomic mass is 9.82. The van der Waals surface area contributed by atoms with Gasteiger partial charge in [-0.1, -0.05) is 13.8 Å². The lowest BCUT2D eigenvalue weighted by molar-refractivity contribution is 0.0423. The number of rotatable bonds is 4. The zero-order chi connectivity index (χ0) is 16.3. The second kappa shape index (κ2) is 6.97. The number of carbonyl (C=O) groups is 1. The molecule has 1 heterocycles. The standard InChI is InChI=1S/C16H33N3O2/c1-12(18-14(20)21-15(2,3)4)13(11-17)19-9-7-16(5,6)8-10-19/h12-13H,7-11,17H2,1-6H3,(H,18,20). The second-order valence-corrected chi connectivity index (χ2v) is 7.94. The van der Waals surface area contributed by atoms with Crippen LogP contribution in [0.25, 0.3) is 0 Å². The van der Waals surface area contributed by atoms with Gasteiger partial charge in [-0.3, -0.25) is 4.90 Å². The number of alkyl carbamates (subject to hydrolysis) is 1. The van der Waals surface area contributed by atoms with Crippen LogP contribution in [0.2, 0.25) is 0 Å². The van der Waals surface area contributed by atoms with Gasteiger partial charge in [0.05, 0.1) is 0 Å². The maximum atomic E-state index is 11.9. The van der Waals surface area contributed by atoms with E-state index in [4.69, 9.17) is 10.5 Å². The van der Waals surface area contributed by atoms with Crippen LogP contribution < -0.4 is 11.1 Å². The highest BCUT2D eigenvalue weighted by atomic mass is 16.6. The van der Waals surface area contributed by atoms with Crippen molar-refractivity contribution in [1.82, 2.24) is 10.2 Å². The van der Waals surface area contributed by atoms with Gasteiger partial charge >= 0.3 is 6.09 Å². The molecule has 1 rings (SSSR count). The van der Waals surface area contributed by atoms with Gasteiger partial charge in [-0.2, -0.15) is 0 Å². The monoisotopic (exact) mass is 299 g/mol. The maximum Gasteiger partial charge on any atom is 0.407 e. The Morgan fingerprint density at radius 1 is 1.33 bits per heavy atom. The number of ether oxygens (including phenoxy) is 1. The van der Waals surface area contributed by atoms with E-state index in [0.717, 1.165) is 13.1 Å². The summed E-state index contributed by atoms with van der Waals surface area (Å²) in [6.45, 7) is 14.8. The van der Waals surface area contributed by atoms with Crippen LogP contribution in [0, 0.1) is 5.41 Å². The topological polar surface area (TPSA) is 67.6 Å². The first-order valence-corrected chi connectivity index (χ1v) is 7.98. The SMILES string of the molecule is CC(NC(=O)OC(C)(C)C)C(CN)N1CCC(C)(C)CC1. The fourth-order valence-electron chi connectivity index (χ4n) is 2.72. The highest BCUT2D eigenvalue weighted by molar-refractivity contribution is 5.68. The highest BCUT2D eigenvalue weighted by Crippen LogP contribution is 2.30. The summed E-state index contributed by atoms with van der Waals surface area (Å²) in [4.78, 5) is 14.3. The number of nitrogens with zero attached hydrogens (tertiary/aromatic N) is 1. The minimum Gasteiger partial charge on any atom is -0.444 e. The number of amides is 1. The van der Waals surface area contributed by atoms with Crippen LogP contribution in [0.5, 0.6) is 0 Å². The Hall–Kier alpha value is -0.810. The number of hydrogen-bond acceptors (Lipinski definition) is 4. The molecule has 0 spiro atoms. The van der Waals surface area contributed by atoms with Crippen LogP contribution in [-0.2, 0) is 4.74 Å². The van der Waals surface area contributed by atoms with Gasteiger partial charge in [0.1, 0.15) is 5.60 Å². The third-order valence-electron chi connectivity index (χ3n) is 4.18. The molecule has 1 aliphatic rings. The molecule has 0 saturated carbocycles. The molecule has 0 aliphatic carbocycles. The number of carbonyl (C=O) groups excluding carboxylic acids is 1. The zero-order valence-corrected chi connectivity index (χ0v) is 14.5. The van der Waals surface area contributed by atoms with Gasteiger partial charge in [0.25, 0.3) is 0 Å². The summed E-state index contributed by atoms with van der Waals surface area (Å²) in [6.07, 6.45) is 1.97. The Morgan fingerprint density at radius 2 is 1.86 bits per heavy atom. The molecule has 1 amide bonds.